The van der Waals surface area contributed by atoms with E-state index in [1.54, 1.807) is 0 Å². The molecular formula is C29H27N3O2S. The zero-order valence-electron chi connectivity index (χ0n) is 20.3. The first kappa shape index (κ1) is 23.1. The lowest BCUT2D eigenvalue weighted by atomic mass is 10.0. The molecule has 1 N–H and O–H groups in total. The van der Waals surface area contributed by atoms with Crippen molar-refractivity contribution in [3.8, 4) is 23.0 Å². The van der Waals surface area contributed by atoms with Gasteiger partial charge in [-0.25, -0.2) is 4.98 Å². The molecule has 0 fully saturated rings. The maximum Gasteiger partial charge on any atom is 0.234 e. The second kappa shape index (κ2) is 9.55. The fourth-order valence-corrected chi connectivity index (χ4v) is 4.89. The molecule has 1 aliphatic rings. The maximum absolute atomic E-state index is 12.8. The number of hydrogen-bond donors (Lipinski definition) is 1. The van der Waals surface area contributed by atoms with E-state index in [1.165, 1.54) is 22.9 Å². The van der Waals surface area contributed by atoms with Gasteiger partial charge in [-0.3, -0.25) is 4.79 Å². The summed E-state index contributed by atoms with van der Waals surface area (Å²) < 4.78 is 6.30. The van der Waals surface area contributed by atoms with Crippen molar-refractivity contribution >= 4 is 23.4 Å². The van der Waals surface area contributed by atoms with Gasteiger partial charge in [-0.15, -0.1) is 0 Å². The molecule has 0 radical (unpaired) electrons. The molecule has 0 unspecified atom stereocenters. The monoisotopic (exact) mass is 481 g/mol. The summed E-state index contributed by atoms with van der Waals surface area (Å²) in [5.74, 6) is 2.18. The minimum atomic E-state index is -0.0736. The van der Waals surface area contributed by atoms with Crippen LogP contribution in [0.1, 0.15) is 33.4 Å². The van der Waals surface area contributed by atoms with Gasteiger partial charge in [-0.2, -0.15) is 4.98 Å². The predicted molar refractivity (Wildman–Crippen MR) is 142 cm³/mol. The molecule has 0 saturated heterocycles. The van der Waals surface area contributed by atoms with E-state index in [0.717, 1.165) is 44.3 Å². The Bertz CT molecular complexity index is 1430. The second-order valence-corrected chi connectivity index (χ2v) is 9.94. The van der Waals surface area contributed by atoms with Gasteiger partial charge in [0.15, 0.2) is 5.82 Å². The average Bonchev–Trinajstić information content (AvgIpc) is 2.84. The molecule has 1 aliphatic heterocycles. The number of aromatic nitrogens is 2. The molecule has 0 aliphatic carbocycles. The summed E-state index contributed by atoms with van der Waals surface area (Å²) in [6, 6.07) is 20.2. The summed E-state index contributed by atoms with van der Waals surface area (Å²) in [5, 5.41) is 3.77. The van der Waals surface area contributed by atoms with Crippen LogP contribution in [-0.4, -0.2) is 21.6 Å². The molecule has 2 heterocycles. The van der Waals surface area contributed by atoms with Gasteiger partial charge in [0.1, 0.15) is 10.8 Å². The Balaban J connectivity index is 1.44. The van der Waals surface area contributed by atoms with Crippen molar-refractivity contribution in [3.05, 3.63) is 94.0 Å². The number of carbonyl (C=O) groups is 1. The summed E-state index contributed by atoms with van der Waals surface area (Å²) in [5.41, 5.74) is 8.33. The van der Waals surface area contributed by atoms with Gasteiger partial charge in [-0.1, -0.05) is 65.9 Å². The first-order valence-corrected chi connectivity index (χ1v) is 12.6. The highest BCUT2D eigenvalue weighted by atomic mass is 32.2. The molecule has 0 spiro atoms. The lowest BCUT2D eigenvalue weighted by molar-refractivity contribution is -0.113. The second-order valence-electron chi connectivity index (χ2n) is 8.98. The van der Waals surface area contributed by atoms with Gasteiger partial charge in [0.05, 0.1) is 11.3 Å². The molecule has 1 amide bonds. The number of fused-ring (bicyclic) bond motifs is 2. The number of benzene rings is 3. The summed E-state index contributed by atoms with van der Waals surface area (Å²) in [6.45, 7) is 8.19. The van der Waals surface area contributed by atoms with Crippen molar-refractivity contribution in [3.63, 3.8) is 0 Å². The number of carbonyl (C=O) groups excluding carboxylic acids is 1. The third-order valence-electron chi connectivity index (χ3n) is 6.23. The number of ether oxygens (including phenoxy) is 1. The highest BCUT2D eigenvalue weighted by molar-refractivity contribution is 8.00. The average molecular weight is 482 g/mol. The van der Waals surface area contributed by atoms with Crippen molar-refractivity contribution in [1.82, 2.24) is 9.97 Å². The standard InChI is InChI=1S/C29H27N3O2S/c1-17-8-11-21(12-9-17)27-31-28-24(15-22-7-5-6-19(3)26(22)34-28)29(32-27)35-16-25(33)30-23-13-10-18(2)20(4)14-23/h5-14H,15-16H2,1-4H3,(H,30,33). The molecule has 5 rings (SSSR count). The van der Waals surface area contributed by atoms with Crippen molar-refractivity contribution in [2.24, 2.45) is 0 Å². The Morgan fingerprint density at radius 3 is 2.51 bits per heavy atom. The van der Waals surface area contributed by atoms with E-state index in [2.05, 4.69) is 25.2 Å². The van der Waals surface area contributed by atoms with Gasteiger partial charge in [0.25, 0.3) is 0 Å². The molecule has 3 aromatic carbocycles. The van der Waals surface area contributed by atoms with Crippen LogP contribution in [0.3, 0.4) is 0 Å². The fourth-order valence-electron chi connectivity index (χ4n) is 4.07. The number of nitrogens with one attached hydrogen (secondary N) is 1. The quantitative estimate of drug-likeness (QED) is 0.221. The normalized spacial score (nSPS) is 11.9. The molecule has 176 valence electrons. The van der Waals surface area contributed by atoms with Crippen LogP contribution in [0.2, 0.25) is 0 Å². The Morgan fingerprint density at radius 2 is 1.74 bits per heavy atom. The first-order valence-electron chi connectivity index (χ1n) is 11.6. The summed E-state index contributed by atoms with van der Waals surface area (Å²) in [7, 11) is 0. The van der Waals surface area contributed by atoms with E-state index in [1.807, 2.05) is 68.4 Å². The first-order chi connectivity index (χ1) is 16.9. The number of nitrogens with zero attached hydrogens (tertiary/aromatic N) is 2. The number of hydrogen-bond acceptors (Lipinski definition) is 5. The zero-order chi connectivity index (χ0) is 24.5. The highest BCUT2D eigenvalue weighted by Gasteiger charge is 2.25. The fraction of sp³-hybridized carbons (Fsp3) is 0.207. The number of rotatable bonds is 5. The molecule has 35 heavy (non-hydrogen) atoms. The van der Waals surface area contributed by atoms with E-state index < -0.39 is 0 Å². The molecule has 0 bridgehead atoms. The van der Waals surface area contributed by atoms with E-state index in [-0.39, 0.29) is 11.7 Å². The van der Waals surface area contributed by atoms with E-state index in [4.69, 9.17) is 14.7 Å². The Hall–Kier alpha value is -3.64. The van der Waals surface area contributed by atoms with Crippen LogP contribution in [0.25, 0.3) is 11.4 Å². The molecule has 4 aromatic rings. The lowest BCUT2D eigenvalue weighted by Gasteiger charge is -2.23. The Kier molecular flexibility index (Phi) is 6.31. The number of amides is 1. The van der Waals surface area contributed by atoms with Crippen LogP contribution < -0.4 is 10.1 Å². The topological polar surface area (TPSA) is 64.1 Å². The third-order valence-corrected chi connectivity index (χ3v) is 7.25. The molecule has 1 aromatic heterocycles. The third kappa shape index (κ3) is 4.93. The van der Waals surface area contributed by atoms with Gasteiger partial charge in [0.2, 0.25) is 11.8 Å². The van der Waals surface area contributed by atoms with Gasteiger partial charge >= 0.3 is 0 Å². The van der Waals surface area contributed by atoms with Gasteiger partial charge in [-0.05, 0) is 62.1 Å². The number of thioether (sulfide) groups is 1. The lowest BCUT2D eigenvalue weighted by Crippen LogP contribution is -2.15. The highest BCUT2D eigenvalue weighted by Crippen LogP contribution is 2.41. The molecule has 0 saturated carbocycles. The Morgan fingerprint density at radius 1 is 0.943 bits per heavy atom. The van der Waals surface area contributed by atoms with E-state index >= 15 is 0 Å². The predicted octanol–water partition coefficient (Wildman–Crippen LogP) is 6.80. The van der Waals surface area contributed by atoms with Crippen LogP contribution in [0.5, 0.6) is 11.6 Å². The van der Waals surface area contributed by atoms with Crippen LogP contribution in [0, 0.1) is 27.7 Å². The summed E-state index contributed by atoms with van der Waals surface area (Å²) >= 11 is 1.42. The van der Waals surface area contributed by atoms with Crippen molar-refractivity contribution < 1.29 is 9.53 Å². The van der Waals surface area contributed by atoms with Crippen LogP contribution in [0.15, 0.2) is 65.7 Å². The molecule has 0 atom stereocenters. The number of anilines is 1. The largest absolute Gasteiger partial charge is 0.438 e. The minimum absolute atomic E-state index is 0.0736. The van der Waals surface area contributed by atoms with Gasteiger partial charge < -0.3 is 10.1 Å². The van der Waals surface area contributed by atoms with E-state index in [9.17, 15) is 4.79 Å². The van der Waals surface area contributed by atoms with E-state index in [0.29, 0.717) is 18.1 Å². The number of para-hydroxylation sites is 1. The SMILES string of the molecule is Cc1ccc(-c2nc3c(c(SCC(=O)Nc4ccc(C)c(C)c4)n2)Cc2cccc(C)c2O3)cc1. The maximum atomic E-state index is 12.8. The van der Waals surface area contributed by atoms with Crippen LogP contribution in [-0.2, 0) is 11.2 Å². The van der Waals surface area contributed by atoms with Crippen molar-refractivity contribution in [2.45, 2.75) is 39.1 Å². The molecular weight excluding hydrogens is 454 g/mol. The summed E-state index contributed by atoms with van der Waals surface area (Å²) in [4.78, 5) is 22.4. The summed E-state index contributed by atoms with van der Waals surface area (Å²) in [6.07, 6.45) is 0.668. The van der Waals surface area contributed by atoms with Crippen LogP contribution in [0.4, 0.5) is 5.69 Å². The van der Waals surface area contributed by atoms with Crippen molar-refractivity contribution in [2.75, 3.05) is 11.1 Å². The minimum Gasteiger partial charge on any atom is -0.438 e. The molecule has 5 nitrogen and oxygen atoms in total. The van der Waals surface area contributed by atoms with Gasteiger partial charge in [0, 0.05) is 17.7 Å². The smallest absolute Gasteiger partial charge is 0.234 e. The zero-order valence-corrected chi connectivity index (χ0v) is 21.1. The van der Waals surface area contributed by atoms with Crippen LogP contribution >= 0.6 is 11.8 Å². The van der Waals surface area contributed by atoms with Crippen molar-refractivity contribution in [1.29, 1.82) is 0 Å². The number of aryl methyl sites for hydroxylation is 4. The Labute approximate surface area is 210 Å². The molecule has 6 heteroatoms.